The van der Waals surface area contributed by atoms with Gasteiger partial charge in [-0.1, -0.05) is 12.1 Å². The maximum absolute atomic E-state index is 12.2. The Labute approximate surface area is 120 Å². The molecule has 2 amide bonds. The number of benzene rings is 1. The molecule has 0 radical (unpaired) electrons. The van der Waals surface area contributed by atoms with Crippen molar-refractivity contribution in [2.45, 2.75) is 6.92 Å². The zero-order valence-corrected chi connectivity index (χ0v) is 11.4. The van der Waals surface area contributed by atoms with Gasteiger partial charge in [-0.3, -0.25) is 25.2 Å². The molecule has 0 spiro atoms. The minimum Gasteiger partial charge on any atom is -0.372 e. The molecular formula is C14H15N3O4. The summed E-state index contributed by atoms with van der Waals surface area (Å²) < 4.78 is 4.88. The van der Waals surface area contributed by atoms with E-state index in [9.17, 15) is 14.4 Å². The third kappa shape index (κ3) is 3.46. The van der Waals surface area contributed by atoms with E-state index < -0.39 is 17.2 Å². The molecule has 0 aliphatic heterocycles. The number of carbonyl (C=O) groups is 2. The van der Waals surface area contributed by atoms with Gasteiger partial charge in [0.25, 0.3) is 11.8 Å². The smallest absolute Gasteiger partial charge is 0.275 e. The van der Waals surface area contributed by atoms with Crippen LogP contribution in [0.3, 0.4) is 0 Å². The van der Waals surface area contributed by atoms with E-state index in [1.54, 1.807) is 31.2 Å². The molecule has 110 valence electrons. The van der Waals surface area contributed by atoms with Crippen molar-refractivity contribution in [1.29, 1.82) is 0 Å². The molecule has 0 saturated carbocycles. The number of aromatic amines is 1. The van der Waals surface area contributed by atoms with Gasteiger partial charge < -0.3 is 9.72 Å². The summed E-state index contributed by atoms with van der Waals surface area (Å²) in [5.74, 6) is -1.19. The molecule has 2 aromatic rings. The third-order valence-corrected chi connectivity index (χ3v) is 2.79. The van der Waals surface area contributed by atoms with Crippen LogP contribution in [0.25, 0.3) is 10.9 Å². The highest BCUT2D eigenvalue weighted by molar-refractivity contribution is 5.97. The number of H-pyrrole nitrogens is 1. The number of pyridine rings is 1. The summed E-state index contributed by atoms with van der Waals surface area (Å²) in [7, 11) is 0. The summed E-state index contributed by atoms with van der Waals surface area (Å²) in [5, 5.41) is 0.408. The molecule has 2 rings (SSSR count). The number of fused-ring (bicyclic) bond motifs is 1. The zero-order chi connectivity index (χ0) is 15.2. The second kappa shape index (κ2) is 6.67. The van der Waals surface area contributed by atoms with Gasteiger partial charge >= 0.3 is 0 Å². The fraction of sp³-hybridized carbons (Fsp3) is 0.214. The zero-order valence-electron chi connectivity index (χ0n) is 11.4. The van der Waals surface area contributed by atoms with Crippen LogP contribution in [0, 0.1) is 0 Å². The SMILES string of the molecule is CCOCC(=O)NNC(=O)c1c[nH]c2ccccc2c1=O. The number of para-hydroxylation sites is 1. The second-order valence-corrected chi connectivity index (χ2v) is 4.22. The average molecular weight is 289 g/mol. The summed E-state index contributed by atoms with van der Waals surface area (Å²) >= 11 is 0. The number of ether oxygens (including phenoxy) is 1. The molecule has 0 aliphatic carbocycles. The molecule has 0 aliphatic rings. The summed E-state index contributed by atoms with van der Waals surface area (Å²) in [6, 6.07) is 6.86. The van der Waals surface area contributed by atoms with E-state index >= 15 is 0 Å². The van der Waals surface area contributed by atoms with Crippen LogP contribution in [0.5, 0.6) is 0 Å². The molecule has 0 bridgehead atoms. The van der Waals surface area contributed by atoms with Crippen molar-refractivity contribution in [1.82, 2.24) is 15.8 Å². The Morgan fingerprint density at radius 1 is 1.24 bits per heavy atom. The van der Waals surface area contributed by atoms with Crippen molar-refractivity contribution in [2.24, 2.45) is 0 Å². The number of hydrazine groups is 1. The Hall–Kier alpha value is -2.67. The van der Waals surface area contributed by atoms with Crippen LogP contribution in [0.4, 0.5) is 0 Å². The summed E-state index contributed by atoms with van der Waals surface area (Å²) in [6.07, 6.45) is 1.31. The predicted molar refractivity (Wildman–Crippen MR) is 76.7 cm³/mol. The molecule has 1 aromatic carbocycles. The molecule has 7 heteroatoms. The van der Waals surface area contributed by atoms with E-state index in [2.05, 4.69) is 15.8 Å². The van der Waals surface area contributed by atoms with Crippen LogP contribution < -0.4 is 16.3 Å². The van der Waals surface area contributed by atoms with Gasteiger partial charge in [0.05, 0.1) is 0 Å². The topological polar surface area (TPSA) is 100 Å². The molecule has 21 heavy (non-hydrogen) atoms. The average Bonchev–Trinajstić information content (AvgIpc) is 2.51. The number of carbonyl (C=O) groups excluding carboxylic acids is 2. The fourth-order valence-electron chi connectivity index (χ4n) is 1.76. The van der Waals surface area contributed by atoms with Gasteiger partial charge in [0.2, 0.25) is 5.43 Å². The van der Waals surface area contributed by atoms with Crippen molar-refractivity contribution < 1.29 is 14.3 Å². The lowest BCUT2D eigenvalue weighted by atomic mass is 10.1. The highest BCUT2D eigenvalue weighted by atomic mass is 16.5. The van der Waals surface area contributed by atoms with Gasteiger partial charge in [0.1, 0.15) is 12.2 Å². The highest BCUT2D eigenvalue weighted by Gasteiger charge is 2.13. The quantitative estimate of drug-likeness (QED) is 0.706. The van der Waals surface area contributed by atoms with Crippen LogP contribution in [-0.2, 0) is 9.53 Å². The standard InChI is InChI=1S/C14H15N3O4/c1-2-21-8-12(18)16-17-14(20)10-7-15-11-6-4-3-5-9(11)13(10)19/h3-7H,2,8H2,1H3,(H,15,19)(H,16,18)(H,17,20). The number of hydrogen-bond donors (Lipinski definition) is 3. The minimum atomic E-state index is -0.688. The van der Waals surface area contributed by atoms with E-state index in [0.717, 1.165) is 0 Å². The number of nitrogens with one attached hydrogen (secondary N) is 3. The molecule has 1 aromatic heterocycles. The second-order valence-electron chi connectivity index (χ2n) is 4.22. The highest BCUT2D eigenvalue weighted by Crippen LogP contribution is 2.06. The van der Waals surface area contributed by atoms with E-state index in [4.69, 9.17) is 4.74 Å². The van der Waals surface area contributed by atoms with E-state index in [1.165, 1.54) is 6.20 Å². The van der Waals surface area contributed by atoms with Crippen molar-refractivity contribution in [3.8, 4) is 0 Å². The first-order valence-electron chi connectivity index (χ1n) is 6.41. The first-order valence-corrected chi connectivity index (χ1v) is 6.41. The summed E-state index contributed by atoms with van der Waals surface area (Å²) in [6.45, 7) is 1.98. The maximum Gasteiger partial charge on any atom is 0.275 e. The van der Waals surface area contributed by atoms with Crippen molar-refractivity contribution in [2.75, 3.05) is 13.2 Å². The lowest BCUT2D eigenvalue weighted by Crippen LogP contribution is -2.44. The van der Waals surface area contributed by atoms with Crippen LogP contribution >= 0.6 is 0 Å². The number of hydrogen-bond acceptors (Lipinski definition) is 4. The molecule has 0 atom stereocenters. The molecule has 0 unspecified atom stereocenters. The van der Waals surface area contributed by atoms with E-state index in [0.29, 0.717) is 17.5 Å². The van der Waals surface area contributed by atoms with Crippen LogP contribution in [0.15, 0.2) is 35.3 Å². The van der Waals surface area contributed by atoms with Crippen LogP contribution in [0.2, 0.25) is 0 Å². The molecule has 0 fully saturated rings. The van der Waals surface area contributed by atoms with Gasteiger partial charge in [-0.25, -0.2) is 0 Å². The summed E-state index contributed by atoms with van der Waals surface area (Å²) in [4.78, 5) is 38.2. The Balaban J connectivity index is 2.11. The number of amides is 2. The van der Waals surface area contributed by atoms with Crippen LogP contribution in [-0.4, -0.2) is 30.0 Å². The lowest BCUT2D eigenvalue weighted by molar-refractivity contribution is -0.126. The largest absolute Gasteiger partial charge is 0.372 e. The molecule has 1 heterocycles. The lowest BCUT2D eigenvalue weighted by Gasteiger charge is -2.07. The van der Waals surface area contributed by atoms with Gasteiger partial charge in [0, 0.05) is 23.7 Å². The first kappa shape index (κ1) is 14.7. The Bertz CT molecular complexity index is 723. The Kier molecular flexibility index (Phi) is 4.68. The van der Waals surface area contributed by atoms with Crippen molar-refractivity contribution in [3.05, 3.63) is 46.2 Å². The monoisotopic (exact) mass is 289 g/mol. The van der Waals surface area contributed by atoms with Gasteiger partial charge in [-0.2, -0.15) is 0 Å². The van der Waals surface area contributed by atoms with Gasteiger partial charge in [-0.05, 0) is 19.1 Å². The Morgan fingerprint density at radius 2 is 2.00 bits per heavy atom. The predicted octanol–water partition coefficient (Wildman–Crippen LogP) is 0.326. The molecule has 3 N–H and O–H groups in total. The Morgan fingerprint density at radius 3 is 2.76 bits per heavy atom. The minimum absolute atomic E-state index is 0.0783. The number of rotatable bonds is 4. The third-order valence-electron chi connectivity index (χ3n) is 2.79. The maximum atomic E-state index is 12.2. The van der Waals surface area contributed by atoms with Crippen molar-refractivity contribution in [3.63, 3.8) is 0 Å². The number of aromatic nitrogens is 1. The normalized spacial score (nSPS) is 10.3. The van der Waals surface area contributed by atoms with E-state index in [-0.39, 0.29) is 12.2 Å². The van der Waals surface area contributed by atoms with E-state index in [1.807, 2.05) is 0 Å². The molecule has 7 nitrogen and oxygen atoms in total. The van der Waals surface area contributed by atoms with Crippen molar-refractivity contribution >= 4 is 22.7 Å². The van der Waals surface area contributed by atoms with Crippen LogP contribution in [0.1, 0.15) is 17.3 Å². The summed E-state index contributed by atoms with van der Waals surface area (Å²) in [5.41, 5.74) is 4.51. The molecular weight excluding hydrogens is 274 g/mol. The fourth-order valence-corrected chi connectivity index (χ4v) is 1.76. The molecule has 0 saturated heterocycles. The van der Waals surface area contributed by atoms with Gasteiger partial charge in [0.15, 0.2) is 0 Å². The van der Waals surface area contributed by atoms with Gasteiger partial charge in [-0.15, -0.1) is 0 Å². The first-order chi connectivity index (χ1) is 10.1.